The van der Waals surface area contributed by atoms with Crippen molar-refractivity contribution < 1.29 is 19.1 Å². The van der Waals surface area contributed by atoms with Crippen LogP contribution in [0.15, 0.2) is 0 Å². The minimum Gasteiger partial charge on any atom is -0.464 e. The summed E-state index contributed by atoms with van der Waals surface area (Å²) in [6.45, 7) is 4.76. The van der Waals surface area contributed by atoms with Gasteiger partial charge in [0.1, 0.15) is 6.54 Å². The van der Waals surface area contributed by atoms with Gasteiger partial charge in [0.05, 0.1) is 13.7 Å². The molecule has 0 saturated heterocycles. The van der Waals surface area contributed by atoms with Crippen LogP contribution in [-0.4, -0.2) is 43.8 Å². The molecule has 0 aromatic heterocycles. The van der Waals surface area contributed by atoms with Gasteiger partial charge in [-0.25, -0.2) is 4.79 Å². The summed E-state index contributed by atoms with van der Waals surface area (Å²) in [7, 11) is 1.30. The average Bonchev–Trinajstić information content (AvgIpc) is 2.39. The van der Waals surface area contributed by atoms with E-state index in [9.17, 15) is 9.59 Å². The van der Waals surface area contributed by atoms with E-state index in [-0.39, 0.29) is 12.5 Å². The Labute approximate surface area is 109 Å². The summed E-state index contributed by atoms with van der Waals surface area (Å²) in [6.07, 6.45) is 5.06. The van der Waals surface area contributed by atoms with Crippen LogP contribution in [0.25, 0.3) is 0 Å². The number of carbonyl (C=O) groups is 2. The molecule has 0 bridgehead atoms. The summed E-state index contributed by atoms with van der Waals surface area (Å²) in [5, 5.41) is 0. The second-order valence-electron chi connectivity index (χ2n) is 4.12. The van der Waals surface area contributed by atoms with Gasteiger partial charge in [-0.2, -0.15) is 0 Å². The van der Waals surface area contributed by atoms with Crippen molar-refractivity contribution in [1.82, 2.24) is 4.90 Å². The summed E-state index contributed by atoms with van der Waals surface area (Å²) >= 11 is 0. The Kier molecular flexibility index (Phi) is 10.1. The second-order valence-corrected chi connectivity index (χ2v) is 4.12. The van der Waals surface area contributed by atoms with Crippen molar-refractivity contribution in [3.8, 4) is 0 Å². The van der Waals surface area contributed by atoms with Gasteiger partial charge in [0.15, 0.2) is 0 Å². The lowest BCUT2D eigenvalue weighted by molar-refractivity contribution is -0.144. The van der Waals surface area contributed by atoms with Gasteiger partial charge in [0.2, 0.25) is 0 Å². The molecule has 0 radical (unpaired) electrons. The molecule has 0 saturated carbocycles. The zero-order valence-corrected chi connectivity index (χ0v) is 11.7. The van der Waals surface area contributed by atoms with Crippen LogP contribution in [0.4, 0.5) is 4.79 Å². The third-order valence-electron chi connectivity index (χ3n) is 2.65. The fraction of sp³-hybridized carbons (Fsp3) is 0.846. The van der Waals surface area contributed by atoms with Crippen molar-refractivity contribution >= 4 is 12.1 Å². The Morgan fingerprint density at radius 2 is 1.72 bits per heavy atom. The number of ether oxygens (including phenoxy) is 2. The Morgan fingerprint density at radius 3 is 2.28 bits per heavy atom. The lowest BCUT2D eigenvalue weighted by atomic mass is 10.2. The molecule has 0 atom stereocenters. The minimum absolute atomic E-state index is 0.0435. The van der Waals surface area contributed by atoms with E-state index in [0.717, 1.165) is 12.8 Å². The van der Waals surface area contributed by atoms with E-state index in [4.69, 9.17) is 4.74 Å². The molecule has 0 spiro atoms. The van der Waals surface area contributed by atoms with E-state index in [1.165, 1.54) is 31.3 Å². The van der Waals surface area contributed by atoms with Gasteiger partial charge < -0.3 is 9.47 Å². The fourth-order valence-corrected chi connectivity index (χ4v) is 1.53. The molecular weight excluding hydrogens is 234 g/mol. The van der Waals surface area contributed by atoms with Gasteiger partial charge in [-0.15, -0.1) is 0 Å². The smallest absolute Gasteiger partial charge is 0.410 e. The number of rotatable bonds is 9. The van der Waals surface area contributed by atoms with E-state index >= 15 is 0 Å². The number of methoxy groups -OCH3 is 1. The number of unbranched alkanes of at least 4 members (excludes halogenated alkanes) is 4. The molecule has 0 aliphatic rings. The summed E-state index contributed by atoms with van der Waals surface area (Å²) < 4.78 is 9.61. The van der Waals surface area contributed by atoms with Crippen molar-refractivity contribution in [3.63, 3.8) is 0 Å². The first-order valence-electron chi connectivity index (χ1n) is 6.64. The normalized spacial score (nSPS) is 9.94. The Bertz CT molecular complexity index is 243. The molecule has 0 unspecified atom stereocenters. The van der Waals surface area contributed by atoms with E-state index in [2.05, 4.69) is 11.7 Å². The first-order chi connectivity index (χ1) is 8.65. The number of hydrogen-bond acceptors (Lipinski definition) is 4. The van der Waals surface area contributed by atoms with Gasteiger partial charge in [0, 0.05) is 6.54 Å². The summed E-state index contributed by atoms with van der Waals surface area (Å²) in [6, 6.07) is 0. The molecule has 106 valence electrons. The predicted molar refractivity (Wildman–Crippen MR) is 69.4 cm³/mol. The number of nitrogens with zero attached hydrogens (tertiary/aromatic N) is 1. The van der Waals surface area contributed by atoms with Crippen LogP contribution >= 0.6 is 0 Å². The zero-order valence-electron chi connectivity index (χ0n) is 11.7. The monoisotopic (exact) mass is 259 g/mol. The maximum Gasteiger partial charge on any atom is 0.410 e. The molecule has 0 aromatic carbocycles. The van der Waals surface area contributed by atoms with Gasteiger partial charge in [-0.3, -0.25) is 9.69 Å². The van der Waals surface area contributed by atoms with Crippen molar-refractivity contribution in [2.45, 2.75) is 46.0 Å². The largest absolute Gasteiger partial charge is 0.464 e. The molecule has 0 aromatic rings. The lowest BCUT2D eigenvalue weighted by Crippen LogP contribution is -2.36. The van der Waals surface area contributed by atoms with Gasteiger partial charge in [-0.05, 0) is 13.3 Å². The zero-order chi connectivity index (χ0) is 13.8. The van der Waals surface area contributed by atoms with Crippen LogP contribution in [0.3, 0.4) is 0 Å². The summed E-state index contributed by atoms with van der Waals surface area (Å²) in [5.41, 5.74) is 0. The van der Waals surface area contributed by atoms with Gasteiger partial charge >= 0.3 is 12.1 Å². The highest BCUT2D eigenvalue weighted by atomic mass is 16.5. The van der Waals surface area contributed by atoms with Crippen molar-refractivity contribution in [2.75, 3.05) is 26.8 Å². The number of likely N-dealkylation sites (N-methyl/N-ethyl adjacent to an activating group) is 1. The number of esters is 1. The van der Waals surface area contributed by atoms with Crippen molar-refractivity contribution in [2.24, 2.45) is 0 Å². The van der Waals surface area contributed by atoms with E-state index < -0.39 is 6.09 Å². The molecule has 0 aliphatic heterocycles. The molecule has 0 heterocycles. The minimum atomic E-state index is -0.502. The number of hydrogen-bond donors (Lipinski definition) is 0. The molecule has 5 nitrogen and oxygen atoms in total. The van der Waals surface area contributed by atoms with Crippen LogP contribution in [-0.2, 0) is 14.3 Å². The van der Waals surface area contributed by atoms with Crippen LogP contribution in [0.5, 0.6) is 0 Å². The van der Waals surface area contributed by atoms with Crippen molar-refractivity contribution in [3.05, 3.63) is 0 Å². The third kappa shape index (κ3) is 7.92. The third-order valence-corrected chi connectivity index (χ3v) is 2.65. The van der Waals surface area contributed by atoms with Crippen LogP contribution in [0.2, 0.25) is 0 Å². The highest BCUT2D eigenvalue weighted by molar-refractivity contribution is 5.77. The quantitative estimate of drug-likeness (QED) is 0.472. The maximum absolute atomic E-state index is 11.4. The first-order valence-corrected chi connectivity index (χ1v) is 6.64. The Balaban J connectivity index is 3.66. The Morgan fingerprint density at radius 1 is 1.06 bits per heavy atom. The molecule has 1 amide bonds. The van der Waals surface area contributed by atoms with Crippen molar-refractivity contribution in [1.29, 1.82) is 0 Å². The molecule has 0 N–H and O–H groups in total. The van der Waals surface area contributed by atoms with Gasteiger partial charge in [0.25, 0.3) is 0 Å². The highest BCUT2D eigenvalue weighted by Crippen LogP contribution is 2.02. The van der Waals surface area contributed by atoms with Crippen LogP contribution < -0.4 is 0 Å². The predicted octanol–water partition coefficient (Wildman–Crippen LogP) is 2.59. The summed E-state index contributed by atoms with van der Waals surface area (Å²) in [4.78, 5) is 24.0. The second kappa shape index (κ2) is 10.9. The SMILES string of the molecule is CCCCCCCOC(=O)CN(CC)C(=O)OC. The van der Waals surface area contributed by atoms with Crippen LogP contribution in [0.1, 0.15) is 46.0 Å². The number of amides is 1. The Hall–Kier alpha value is -1.26. The average molecular weight is 259 g/mol. The van der Waals surface area contributed by atoms with Gasteiger partial charge in [-0.1, -0.05) is 32.6 Å². The molecule has 5 heteroatoms. The first kappa shape index (κ1) is 16.7. The highest BCUT2D eigenvalue weighted by Gasteiger charge is 2.16. The molecular formula is C13H25NO4. The van der Waals surface area contributed by atoms with E-state index in [1.54, 1.807) is 6.92 Å². The maximum atomic E-state index is 11.4. The topological polar surface area (TPSA) is 55.8 Å². The van der Waals surface area contributed by atoms with Crippen LogP contribution in [0, 0.1) is 0 Å². The summed E-state index contributed by atoms with van der Waals surface area (Å²) in [5.74, 6) is -0.377. The molecule has 0 rings (SSSR count). The fourth-order valence-electron chi connectivity index (χ4n) is 1.53. The molecule has 0 aliphatic carbocycles. The lowest BCUT2D eigenvalue weighted by Gasteiger charge is -2.17. The van der Waals surface area contributed by atoms with E-state index in [1.807, 2.05) is 0 Å². The molecule has 18 heavy (non-hydrogen) atoms. The molecule has 0 fully saturated rings. The van der Waals surface area contributed by atoms with E-state index in [0.29, 0.717) is 13.2 Å². The standard InChI is InChI=1S/C13H25NO4/c1-4-6-7-8-9-10-18-12(15)11-14(5-2)13(16)17-3/h4-11H2,1-3H3. The number of carbonyl (C=O) groups excluding carboxylic acids is 2.